The van der Waals surface area contributed by atoms with Gasteiger partial charge < -0.3 is 9.84 Å². The van der Waals surface area contributed by atoms with Gasteiger partial charge in [0.05, 0.1) is 6.10 Å². The van der Waals surface area contributed by atoms with Gasteiger partial charge in [-0.3, -0.25) is 0 Å². The lowest BCUT2D eigenvalue weighted by Crippen LogP contribution is -2.21. The zero-order valence-electron chi connectivity index (χ0n) is 11.9. The molecule has 1 aromatic rings. The molecule has 1 aliphatic carbocycles. The zero-order valence-corrected chi connectivity index (χ0v) is 11.9. The third-order valence-corrected chi connectivity index (χ3v) is 3.73. The average Bonchev–Trinajstić information content (AvgIpc) is 2.39. The SMILES string of the molecule is CCC1C=C(COc2ccccc2C)C(C)=CC1O. The van der Waals surface area contributed by atoms with E-state index in [-0.39, 0.29) is 12.0 Å². The molecule has 0 aromatic heterocycles. The molecule has 2 rings (SSSR count). The quantitative estimate of drug-likeness (QED) is 0.893. The highest BCUT2D eigenvalue weighted by molar-refractivity contribution is 5.37. The molecule has 0 spiro atoms. The number of hydrogen-bond donors (Lipinski definition) is 1. The van der Waals surface area contributed by atoms with Crippen LogP contribution in [0.3, 0.4) is 0 Å². The Morgan fingerprint density at radius 3 is 2.58 bits per heavy atom. The summed E-state index contributed by atoms with van der Waals surface area (Å²) in [5.74, 6) is 1.13. The van der Waals surface area contributed by atoms with Crippen molar-refractivity contribution in [1.29, 1.82) is 0 Å². The largest absolute Gasteiger partial charge is 0.489 e. The molecule has 0 fully saturated rings. The average molecular weight is 258 g/mol. The van der Waals surface area contributed by atoms with Crippen LogP contribution in [0, 0.1) is 12.8 Å². The number of aryl methyl sites for hydroxylation is 1. The molecule has 2 heteroatoms. The second kappa shape index (κ2) is 6.07. The molecule has 0 saturated heterocycles. The Morgan fingerprint density at radius 1 is 1.16 bits per heavy atom. The summed E-state index contributed by atoms with van der Waals surface area (Å²) in [6, 6.07) is 8.03. The minimum atomic E-state index is -0.354. The second-order valence-electron chi connectivity index (χ2n) is 5.16. The molecule has 0 saturated carbocycles. The molecule has 0 heterocycles. The van der Waals surface area contributed by atoms with Crippen molar-refractivity contribution in [3.8, 4) is 5.75 Å². The molecule has 1 N–H and O–H groups in total. The van der Waals surface area contributed by atoms with Gasteiger partial charge in [-0.15, -0.1) is 0 Å². The number of benzene rings is 1. The maximum atomic E-state index is 9.92. The van der Waals surface area contributed by atoms with Crippen LogP contribution in [0.2, 0.25) is 0 Å². The topological polar surface area (TPSA) is 29.5 Å². The lowest BCUT2D eigenvalue weighted by molar-refractivity contribution is 0.170. The highest BCUT2D eigenvalue weighted by Gasteiger charge is 2.20. The lowest BCUT2D eigenvalue weighted by Gasteiger charge is -2.24. The Balaban J connectivity index is 2.07. The van der Waals surface area contributed by atoms with Crippen molar-refractivity contribution in [2.75, 3.05) is 6.61 Å². The van der Waals surface area contributed by atoms with E-state index >= 15 is 0 Å². The van der Waals surface area contributed by atoms with Crippen molar-refractivity contribution in [2.24, 2.45) is 5.92 Å². The Bertz CT molecular complexity index is 500. The van der Waals surface area contributed by atoms with Crippen LogP contribution in [0.15, 0.2) is 47.6 Å². The van der Waals surface area contributed by atoms with Gasteiger partial charge in [0, 0.05) is 5.92 Å². The van der Waals surface area contributed by atoms with Gasteiger partial charge in [-0.2, -0.15) is 0 Å². The van der Waals surface area contributed by atoms with E-state index in [1.165, 1.54) is 5.57 Å². The van der Waals surface area contributed by atoms with E-state index in [1.54, 1.807) is 0 Å². The van der Waals surface area contributed by atoms with Gasteiger partial charge in [-0.05, 0) is 43.0 Å². The number of hydrogen-bond acceptors (Lipinski definition) is 2. The highest BCUT2D eigenvalue weighted by Crippen LogP contribution is 2.26. The summed E-state index contributed by atoms with van der Waals surface area (Å²) in [5, 5.41) is 9.92. The van der Waals surface area contributed by atoms with Gasteiger partial charge >= 0.3 is 0 Å². The first-order valence-corrected chi connectivity index (χ1v) is 6.87. The standard InChI is InChI=1S/C17H22O2/c1-4-14-10-15(13(3)9-16(14)18)11-19-17-8-6-5-7-12(17)2/h5-10,14,16,18H,4,11H2,1-3H3. The van der Waals surface area contributed by atoms with E-state index in [1.807, 2.05) is 44.2 Å². The van der Waals surface area contributed by atoms with Crippen molar-refractivity contribution in [1.82, 2.24) is 0 Å². The summed E-state index contributed by atoms with van der Waals surface area (Å²) in [6.45, 7) is 6.74. The van der Waals surface area contributed by atoms with E-state index in [4.69, 9.17) is 4.74 Å². The molecule has 0 bridgehead atoms. The first kappa shape index (κ1) is 13.9. The lowest BCUT2D eigenvalue weighted by atomic mass is 9.88. The summed E-state index contributed by atoms with van der Waals surface area (Å²) in [6.07, 6.45) is 4.68. The van der Waals surface area contributed by atoms with Crippen molar-refractivity contribution in [2.45, 2.75) is 33.3 Å². The monoisotopic (exact) mass is 258 g/mol. The van der Waals surface area contributed by atoms with E-state index in [9.17, 15) is 5.11 Å². The molecule has 102 valence electrons. The molecule has 2 atom stereocenters. The van der Waals surface area contributed by atoms with Crippen LogP contribution in [0.1, 0.15) is 25.8 Å². The van der Waals surface area contributed by atoms with Gasteiger partial charge in [0.2, 0.25) is 0 Å². The fraction of sp³-hybridized carbons (Fsp3) is 0.412. The summed E-state index contributed by atoms with van der Waals surface area (Å²) < 4.78 is 5.88. The predicted molar refractivity (Wildman–Crippen MR) is 78.3 cm³/mol. The van der Waals surface area contributed by atoms with E-state index < -0.39 is 0 Å². The third kappa shape index (κ3) is 3.27. The number of ether oxygens (including phenoxy) is 1. The first-order valence-electron chi connectivity index (χ1n) is 6.87. The van der Waals surface area contributed by atoms with Crippen LogP contribution in [-0.4, -0.2) is 17.8 Å². The minimum Gasteiger partial charge on any atom is -0.489 e. The molecule has 1 aromatic carbocycles. The number of para-hydroxylation sites is 1. The number of aliphatic hydroxyl groups is 1. The van der Waals surface area contributed by atoms with Crippen LogP contribution in [0.5, 0.6) is 5.75 Å². The van der Waals surface area contributed by atoms with Crippen molar-refractivity contribution in [3.05, 3.63) is 53.1 Å². The Kier molecular flexibility index (Phi) is 4.43. The first-order chi connectivity index (χ1) is 9.11. The summed E-state index contributed by atoms with van der Waals surface area (Å²) in [7, 11) is 0. The predicted octanol–water partition coefficient (Wildman–Crippen LogP) is 3.65. The van der Waals surface area contributed by atoms with Crippen LogP contribution in [0.4, 0.5) is 0 Å². The second-order valence-corrected chi connectivity index (χ2v) is 5.16. The smallest absolute Gasteiger partial charge is 0.122 e. The summed E-state index contributed by atoms with van der Waals surface area (Å²) in [5.41, 5.74) is 3.44. The molecular weight excluding hydrogens is 236 g/mol. The molecule has 2 unspecified atom stereocenters. The van der Waals surface area contributed by atoms with Crippen molar-refractivity contribution < 1.29 is 9.84 Å². The van der Waals surface area contributed by atoms with Crippen LogP contribution in [0.25, 0.3) is 0 Å². The van der Waals surface area contributed by atoms with Gasteiger partial charge in [-0.1, -0.05) is 37.3 Å². The molecule has 0 amide bonds. The fourth-order valence-electron chi connectivity index (χ4n) is 2.37. The van der Waals surface area contributed by atoms with Crippen molar-refractivity contribution >= 4 is 0 Å². The maximum Gasteiger partial charge on any atom is 0.122 e. The van der Waals surface area contributed by atoms with E-state index in [0.29, 0.717) is 6.61 Å². The van der Waals surface area contributed by atoms with Gasteiger partial charge in [-0.25, -0.2) is 0 Å². The molecule has 2 nitrogen and oxygen atoms in total. The van der Waals surface area contributed by atoms with Gasteiger partial charge in [0.1, 0.15) is 12.4 Å². The van der Waals surface area contributed by atoms with Crippen LogP contribution < -0.4 is 4.74 Å². The summed E-state index contributed by atoms with van der Waals surface area (Å²) >= 11 is 0. The zero-order chi connectivity index (χ0) is 13.8. The Labute approximate surface area is 115 Å². The normalized spacial score (nSPS) is 22.7. The van der Waals surface area contributed by atoms with Crippen LogP contribution >= 0.6 is 0 Å². The van der Waals surface area contributed by atoms with Crippen molar-refractivity contribution in [3.63, 3.8) is 0 Å². The molecule has 0 radical (unpaired) electrons. The third-order valence-electron chi connectivity index (χ3n) is 3.73. The fourth-order valence-corrected chi connectivity index (χ4v) is 2.37. The molecule has 0 aliphatic heterocycles. The minimum absolute atomic E-state index is 0.208. The van der Waals surface area contributed by atoms with Gasteiger partial charge in [0.15, 0.2) is 0 Å². The molecular formula is C17H22O2. The van der Waals surface area contributed by atoms with E-state index in [0.717, 1.165) is 23.3 Å². The molecule has 19 heavy (non-hydrogen) atoms. The number of aliphatic hydroxyl groups excluding tert-OH is 1. The highest BCUT2D eigenvalue weighted by atomic mass is 16.5. The van der Waals surface area contributed by atoms with E-state index in [2.05, 4.69) is 13.0 Å². The van der Waals surface area contributed by atoms with Gasteiger partial charge in [0.25, 0.3) is 0 Å². The molecule has 1 aliphatic rings. The Morgan fingerprint density at radius 2 is 1.89 bits per heavy atom. The summed E-state index contributed by atoms with van der Waals surface area (Å²) in [4.78, 5) is 0. The van der Waals surface area contributed by atoms with Crippen LogP contribution in [-0.2, 0) is 0 Å². The Hall–Kier alpha value is -1.54. The number of rotatable bonds is 4. The maximum absolute atomic E-state index is 9.92.